The molecule has 3 aromatic rings. The zero-order chi connectivity index (χ0) is 14.8. The van der Waals surface area contributed by atoms with Gasteiger partial charge in [0.15, 0.2) is 6.29 Å². The van der Waals surface area contributed by atoms with Crippen molar-refractivity contribution in [3.05, 3.63) is 53.3 Å². The van der Waals surface area contributed by atoms with Gasteiger partial charge in [0.25, 0.3) is 0 Å². The monoisotopic (exact) mass is 302 g/mol. The van der Waals surface area contributed by atoms with Gasteiger partial charge in [-0.05, 0) is 23.6 Å². The van der Waals surface area contributed by atoms with Gasteiger partial charge in [-0.3, -0.25) is 4.79 Å². The molecule has 3 rings (SSSR count). The molecule has 6 heteroatoms. The van der Waals surface area contributed by atoms with E-state index in [1.54, 1.807) is 31.4 Å². The molecule has 0 spiro atoms. The Morgan fingerprint density at radius 2 is 2.14 bits per heavy atom. The third-order valence-corrected chi connectivity index (χ3v) is 3.94. The standard InChI is InChI=1S/C15H11FN2O2S/c1-20-13-6-7-21-15(13)14-10(9-19)8-18(17-14)12-5-3-2-4-11(12)16/h2-9H,1H3. The highest BCUT2D eigenvalue weighted by Crippen LogP contribution is 2.36. The van der Waals surface area contributed by atoms with Crippen LogP contribution in [0, 0.1) is 5.82 Å². The third kappa shape index (κ3) is 2.34. The zero-order valence-corrected chi connectivity index (χ0v) is 11.9. The molecule has 0 amide bonds. The maximum Gasteiger partial charge on any atom is 0.153 e. The normalized spacial score (nSPS) is 10.6. The molecular weight excluding hydrogens is 291 g/mol. The van der Waals surface area contributed by atoms with Gasteiger partial charge in [0.1, 0.15) is 22.9 Å². The minimum Gasteiger partial charge on any atom is -0.495 e. The molecule has 0 fully saturated rings. The minimum absolute atomic E-state index is 0.294. The van der Waals surface area contributed by atoms with Crippen molar-refractivity contribution in [2.24, 2.45) is 0 Å². The van der Waals surface area contributed by atoms with Crippen LogP contribution in [0.2, 0.25) is 0 Å². The van der Waals surface area contributed by atoms with Gasteiger partial charge in [0.2, 0.25) is 0 Å². The van der Waals surface area contributed by atoms with E-state index in [1.807, 2.05) is 5.38 Å². The Morgan fingerprint density at radius 3 is 2.86 bits per heavy atom. The highest BCUT2D eigenvalue weighted by atomic mass is 32.1. The number of aromatic nitrogens is 2. The van der Waals surface area contributed by atoms with Crippen LogP contribution in [0.4, 0.5) is 4.39 Å². The molecule has 106 valence electrons. The molecule has 0 unspecified atom stereocenters. The Balaban J connectivity index is 2.16. The first-order valence-corrected chi connectivity index (χ1v) is 7.04. The minimum atomic E-state index is -0.401. The largest absolute Gasteiger partial charge is 0.495 e. The fraction of sp³-hybridized carbons (Fsp3) is 0.0667. The summed E-state index contributed by atoms with van der Waals surface area (Å²) in [6.07, 6.45) is 2.22. The molecule has 0 aliphatic rings. The van der Waals surface area contributed by atoms with Gasteiger partial charge < -0.3 is 4.74 Å². The van der Waals surface area contributed by atoms with E-state index in [-0.39, 0.29) is 0 Å². The molecular formula is C15H11FN2O2S. The van der Waals surface area contributed by atoms with E-state index in [1.165, 1.54) is 28.3 Å². The summed E-state index contributed by atoms with van der Waals surface area (Å²) >= 11 is 1.42. The number of aldehydes is 1. The number of carbonyl (C=O) groups excluding carboxylic acids is 1. The van der Waals surface area contributed by atoms with E-state index in [0.29, 0.717) is 29.0 Å². The molecule has 0 aliphatic carbocycles. The lowest BCUT2D eigenvalue weighted by Gasteiger charge is -2.02. The van der Waals surface area contributed by atoms with Crippen molar-refractivity contribution in [2.45, 2.75) is 0 Å². The molecule has 0 saturated carbocycles. The molecule has 0 atom stereocenters. The number of carbonyl (C=O) groups is 1. The first kappa shape index (κ1) is 13.5. The molecule has 0 bridgehead atoms. The number of hydrogen-bond donors (Lipinski definition) is 0. The first-order valence-electron chi connectivity index (χ1n) is 6.16. The molecule has 0 aliphatic heterocycles. The summed E-state index contributed by atoms with van der Waals surface area (Å²) in [5.41, 5.74) is 1.17. The fourth-order valence-electron chi connectivity index (χ4n) is 2.04. The van der Waals surface area contributed by atoms with E-state index in [4.69, 9.17) is 4.74 Å². The van der Waals surface area contributed by atoms with Gasteiger partial charge in [0, 0.05) is 6.20 Å². The lowest BCUT2D eigenvalue weighted by atomic mass is 10.2. The second kappa shape index (κ2) is 5.49. The summed E-state index contributed by atoms with van der Waals surface area (Å²) in [4.78, 5) is 12.0. The van der Waals surface area contributed by atoms with Crippen LogP contribution in [0.15, 0.2) is 41.9 Å². The van der Waals surface area contributed by atoms with Crippen LogP contribution in [0.5, 0.6) is 5.75 Å². The molecule has 21 heavy (non-hydrogen) atoms. The highest BCUT2D eigenvalue weighted by Gasteiger charge is 2.17. The Labute approximate surface area is 124 Å². The van der Waals surface area contributed by atoms with Gasteiger partial charge >= 0.3 is 0 Å². The van der Waals surface area contributed by atoms with E-state index < -0.39 is 5.82 Å². The smallest absolute Gasteiger partial charge is 0.153 e. The van der Waals surface area contributed by atoms with Crippen molar-refractivity contribution >= 4 is 17.6 Å². The van der Waals surface area contributed by atoms with Gasteiger partial charge in [-0.25, -0.2) is 9.07 Å². The molecule has 4 nitrogen and oxygen atoms in total. The number of halogens is 1. The topological polar surface area (TPSA) is 44.1 Å². The Hall–Kier alpha value is -2.47. The van der Waals surface area contributed by atoms with E-state index >= 15 is 0 Å². The Kier molecular flexibility index (Phi) is 3.53. The maximum atomic E-state index is 13.8. The quantitative estimate of drug-likeness (QED) is 0.692. The van der Waals surface area contributed by atoms with Crippen LogP contribution in [0.25, 0.3) is 16.3 Å². The van der Waals surface area contributed by atoms with Crippen molar-refractivity contribution in [3.8, 4) is 22.0 Å². The summed E-state index contributed by atoms with van der Waals surface area (Å²) in [5.74, 6) is 0.240. The van der Waals surface area contributed by atoms with Crippen molar-refractivity contribution < 1.29 is 13.9 Å². The molecule has 0 saturated heterocycles. The number of thiophene rings is 1. The maximum absolute atomic E-state index is 13.8. The first-order chi connectivity index (χ1) is 10.2. The predicted octanol–water partition coefficient (Wildman–Crippen LogP) is 3.56. The van der Waals surface area contributed by atoms with E-state index in [2.05, 4.69) is 5.10 Å². The van der Waals surface area contributed by atoms with Crippen LogP contribution in [0.3, 0.4) is 0 Å². The molecule has 1 aromatic carbocycles. The lowest BCUT2D eigenvalue weighted by molar-refractivity contribution is 0.112. The summed E-state index contributed by atoms with van der Waals surface area (Å²) in [5, 5.41) is 6.19. The molecule has 2 aromatic heterocycles. The van der Waals surface area contributed by atoms with Gasteiger partial charge in [-0.1, -0.05) is 12.1 Å². The van der Waals surface area contributed by atoms with Crippen LogP contribution < -0.4 is 4.74 Å². The number of rotatable bonds is 4. The number of hydrogen-bond acceptors (Lipinski definition) is 4. The van der Waals surface area contributed by atoms with Crippen molar-refractivity contribution in [1.82, 2.24) is 9.78 Å². The summed E-state index contributed by atoms with van der Waals surface area (Å²) in [6, 6.07) is 8.07. The predicted molar refractivity (Wildman–Crippen MR) is 78.8 cm³/mol. The third-order valence-electron chi connectivity index (χ3n) is 3.03. The fourth-order valence-corrected chi connectivity index (χ4v) is 2.91. The second-order valence-corrected chi connectivity index (χ2v) is 5.18. The van der Waals surface area contributed by atoms with Crippen LogP contribution >= 0.6 is 11.3 Å². The van der Waals surface area contributed by atoms with Crippen LogP contribution in [-0.2, 0) is 0 Å². The average Bonchev–Trinajstić information content (AvgIpc) is 3.13. The van der Waals surface area contributed by atoms with Crippen molar-refractivity contribution in [1.29, 1.82) is 0 Å². The molecule has 0 N–H and O–H groups in total. The Bertz CT molecular complexity index is 795. The van der Waals surface area contributed by atoms with Gasteiger partial charge in [-0.15, -0.1) is 11.3 Å². The van der Waals surface area contributed by atoms with Crippen LogP contribution in [-0.4, -0.2) is 23.2 Å². The second-order valence-electron chi connectivity index (χ2n) is 4.26. The molecule has 2 heterocycles. The average molecular weight is 302 g/mol. The summed E-state index contributed by atoms with van der Waals surface area (Å²) in [6.45, 7) is 0. The number of benzene rings is 1. The van der Waals surface area contributed by atoms with Gasteiger partial charge in [-0.2, -0.15) is 5.10 Å². The number of ether oxygens (including phenoxy) is 1. The van der Waals surface area contributed by atoms with E-state index in [0.717, 1.165) is 4.88 Å². The van der Waals surface area contributed by atoms with Crippen molar-refractivity contribution in [3.63, 3.8) is 0 Å². The van der Waals surface area contributed by atoms with E-state index in [9.17, 15) is 9.18 Å². The number of methoxy groups -OCH3 is 1. The molecule has 0 radical (unpaired) electrons. The Morgan fingerprint density at radius 1 is 1.33 bits per heavy atom. The van der Waals surface area contributed by atoms with Gasteiger partial charge in [0.05, 0.1) is 17.6 Å². The number of para-hydroxylation sites is 1. The lowest BCUT2D eigenvalue weighted by Crippen LogP contribution is -1.97. The summed E-state index contributed by atoms with van der Waals surface area (Å²) in [7, 11) is 1.56. The van der Waals surface area contributed by atoms with Crippen LogP contribution in [0.1, 0.15) is 10.4 Å². The van der Waals surface area contributed by atoms with Crippen molar-refractivity contribution in [2.75, 3.05) is 7.11 Å². The summed E-state index contributed by atoms with van der Waals surface area (Å²) < 4.78 is 20.5. The highest BCUT2D eigenvalue weighted by molar-refractivity contribution is 7.14. The zero-order valence-electron chi connectivity index (χ0n) is 11.1. The SMILES string of the molecule is COc1ccsc1-c1nn(-c2ccccc2F)cc1C=O. The number of nitrogens with zero attached hydrogens (tertiary/aromatic N) is 2.